The Morgan fingerprint density at radius 2 is 2.09 bits per heavy atom. The van der Waals surface area contributed by atoms with E-state index >= 15 is 0 Å². The Hall–Kier alpha value is -2.88. The Bertz CT molecular complexity index is 843. The molecule has 0 saturated heterocycles. The van der Waals surface area contributed by atoms with Crippen LogP contribution in [0.5, 0.6) is 0 Å². The van der Waals surface area contributed by atoms with Gasteiger partial charge in [-0.15, -0.1) is 0 Å². The van der Waals surface area contributed by atoms with E-state index in [-0.39, 0.29) is 5.91 Å². The highest BCUT2D eigenvalue weighted by atomic mass is 16.1. The number of hydrogen-bond donors (Lipinski definition) is 1. The molecule has 0 unspecified atom stereocenters. The third kappa shape index (κ3) is 3.66. The Kier molecular flexibility index (Phi) is 4.52. The number of hydrogen-bond acceptors (Lipinski definition) is 2. The lowest BCUT2D eigenvalue weighted by molar-refractivity contribution is -0.116. The zero-order chi connectivity index (χ0) is 16.1. The highest BCUT2D eigenvalue weighted by Crippen LogP contribution is 2.20. The highest BCUT2D eigenvalue weighted by molar-refractivity contribution is 6.00. The van der Waals surface area contributed by atoms with Gasteiger partial charge in [0.15, 0.2) is 0 Å². The van der Waals surface area contributed by atoms with Gasteiger partial charge in [-0.2, -0.15) is 0 Å². The van der Waals surface area contributed by atoms with Gasteiger partial charge in [0.1, 0.15) is 0 Å². The van der Waals surface area contributed by atoms with Crippen molar-refractivity contribution in [2.24, 2.45) is 7.05 Å². The molecule has 3 aromatic rings. The van der Waals surface area contributed by atoms with Gasteiger partial charge in [0.2, 0.25) is 5.91 Å². The number of benzene rings is 1. The summed E-state index contributed by atoms with van der Waals surface area (Å²) in [5, 5.41) is 3.97. The first-order chi connectivity index (χ1) is 11.2. The van der Waals surface area contributed by atoms with Crippen LogP contribution in [0.15, 0.2) is 60.9 Å². The minimum Gasteiger partial charge on any atom is -0.351 e. The van der Waals surface area contributed by atoms with Crippen LogP contribution in [0.3, 0.4) is 0 Å². The number of anilines is 1. The quantitative estimate of drug-likeness (QED) is 0.774. The van der Waals surface area contributed by atoms with Gasteiger partial charge in [-0.25, -0.2) is 0 Å². The van der Waals surface area contributed by atoms with E-state index in [2.05, 4.69) is 10.3 Å². The molecule has 0 atom stereocenters. The van der Waals surface area contributed by atoms with E-state index in [1.165, 1.54) is 0 Å². The van der Waals surface area contributed by atoms with Crippen LogP contribution in [0.2, 0.25) is 0 Å². The molecule has 23 heavy (non-hydrogen) atoms. The summed E-state index contributed by atoms with van der Waals surface area (Å²) < 4.78 is 2.04. The number of amides is 1. The number of carbonyl (C=O) groups excluding carboxylic acids is 1. The smallest absolute Gasteiger partial charge is 0.224 e. The maximum absolute atomic E-state index is 12.1. The van der Waals surface area contributed by atoms with E-state index in [1.54, 1.807) is 6.20 Å². The van der Waals surface area contributed by atoms with Crippen LogP contribution < -0.4 is 5.32 Å². The molecule has 0 aliphatic rings. The van der Waals surface area contributed by atoms with Gasteiger partial charge in [0.05, 0.1) is 11.2 Å². The molecular weight excluding hydrogens is 286 g/mol. The maximum atomic E-state index is 12.1. The number of allylic oxidation sites excluding steroid dienone is 1. The molecule has 1 aromatic carbocycles. The van der Waals surface area contributed by atoms with Crippen molar-refractivity contribution in [2.75, 3.05) is 5.32 Å². The Balaban J connectivity index is 1.59. The molecule has 0 spiro atoms. The van der Waals surface area contributed by atoms with Gasteiger partial charge in [-0.05, 0) is 36.8 Å². The molecule has 3 rings (SSSR count). The van der Waals surface area contributed by atoms with Crippen LogP contribution >= 0.6 is 0 Å². The summed E-state index contributed by atoms with van der Waals surface area (Å²) in [6, 6.07) is 13.7. The van der Waals surface area contributed by atoms with Gasteiger partial charge in [-0.1, -0.05) is 24.3 Å². The number of para-hydroxylation sites is 1. The normalized spacial score (nSPS) is 11.2. The maximum Gasteiger partial charge on any atom is 0.224 e. The second-order valence-electron chi connectivity index (χ2n) is 5.41. The first-order valence-electron chi connectivity index (χ1n) is 7.65. The summed E-state index contributed by atoms with van der Waals surface area (Å²) in [5.74, 6) is -0.000292. The number of aromatic nitrogens is 2. The molecule has 1 amide bonds. The number of nitrogens with zero attached hydrogens (tertiary/aromatic N) is 2. The van der Waals surface area contributed by atoms with Crippen LogP contribution in [0.25, 0.3) is 17.0 Å². The summed E-state index contributed by atoms with van der Waals surface area (Å²) >= 11 is 0. The van der Waals surface area contributed by atoms with E-state index in [0.717, 1.165) is 22.3 Å². The van der Waals surface area contributed by atoms with E-state index in [4.69, 9.17) is 0 Å². The molecule has 0 aliphatic carbocycles. The Morgan fingerprint density at radius 1 is 1.22 bits per heavy atom. The summed E-state index contributed by atoms with van der Waals surface area (Å²) in [7, 11) is 2.00. The van der Waals surface area contributed by atoms with Crippen LogP contribution in [0, 0.1) is 0 Å². The third-order valence-corrected chi connectivity index (χ3v) is 3.72. The molecule has 0 bridgehead atoms. The van der Waals surface area contributed by atoms with E-state index in [9.17, 15) is 4.79 Å². The first kappa shape index (κ1) is 15.0. The summed E-state index contributed by atoms with van der Waals surface area (Å²) in [5.41, 5.74) is 2.71. The van der Waals surface area contributed by atoms with Gasteiger partial charge in [0, 0.05) is 36.9 Å². The molecule has 0 saturated carbocycles. The fourth-order valence-corrected chi connectivity index (χ4v) is 2.48. The number of rotatable bonds is 5. The number of aryl methyl sites for hydroxylation is 1. The lowest BCUT2D eigenvalue weighted by atomic mass is 10.2. The Morgan fingerprint density at radius 3 is 2.91 bits per heavy atom. The molecule has 2 heterocycles. The second-order valence-corrected chi connectivity index (χ2v) is 5.41. The predicted octanol–water partition coefficient (Wildman–Crippen LogP) is 4.01. The van der Waals surface area contributed by atoms with Crippen molar-refractivity contribution in [1.29, 1.82) is 0 Å². The number of nitrogens with one attached hydrogen (secondary N) is 1. The van der Waals surface area contributed by atoms with Crippen molar-refractivity contribution in [3.8, 4) is 0 Å². The molecule has 1 N–H and O–H groups in total. The van der Waals surface area contributed by atoms with E-state index < -0.39 is 0 Å². The molecule has 0 aliphatic heterocycles. The van der Waals surface area contributed by atoms with Gasteiger partial charge < -0.3 is 9.88 Å². The first-order valence-corrected chi connectivity index (χ1v) is 7.65. The van der Waals surface area contributed by atoms with Crippen LogP contribution in [-0.2, 0) is 11.8 Å². The predicted molar refractivity (Wildman–Crippen MR) is 94.1 cm³/mol. The van der Waals surface area contributed by atoms with Crippen LogP contribution in [0.4, 0.5) is 5.69 Å². The van der Waals surface area contributed by atoms with Gasteiger partial charge in [-0.3, -0.25) is 9.78 Å². The molecule has 0 fully saturated rings. The molecule has 116 valence electrons. The number of pyridine rings is 1. The SMILES string of the molecule is Cn1cccc1/C=C/CCC(=O)Nc1cccc2cccnc12. The molecular formula is C19H19N3O. The van der Waals surface area contributed by atoms with Gasteiger partial charge in [0.25, 0.3) is 0 Å². The summed E-state index contributed by atoms with van der Waals surface area (Å²) in [4.78, 5) is 16.4. The third-order valence-electron chi connectivity index (χ3n) is 3.72. The summed E-state index contributed by atoms with van der Waals surface area (Å²) in [6.45, 7) is 0. The molecule has 4 heteroatoms. The van der Waals surface area contributed by atoms with Crippen molar-refractivity contribution < 1.29 is 4.79 Å². The standard InChI is InChI=1S/C19H19N3O/c1-22-14-6-10-16(22)9-2-3-12-18(23)21-17-11-4-7-15-8-5-13-20-19(15)17/h2,4-11,13-14H,3,12H2,1H3,(H,21,23)/b9-2+. The van der Waals surface area contributed by atoms with Crippen molar-refractivity contribution in [2.45, 2.75) is 12.8 Å². The van der Waals surface area contributed by atoms with Crippen molar-refractivity contribution in [3.63, 3.8) is 0 Å². The average molecular weight is 305 g/mol. The number of carbonyl (C=O) groups is 1. The summed E-state index contributed by atoms with van der Waals surface area (Å²) in [6.07, 6.45) is 8.95. The Labute approximate surface area is 135 Å². The fraction of sp³-hybridized carbons (Fsp3) is 0.158. The van der Waals surface area contributed by atoms with Crippen LogP contribution in [-0.4, -0.2) is 15.5 Å². The monoisotopic (exact) mass is 305 g/mol. The second kappa shape index (κ2) is 6.92. The number of fused-ring (bicyclic) bond motifs is 1. The zero-order valence-electron chi connectivity index (χ0n) is 13.1. The molecule has 0 radical (unpaired) electrons. The topological polar surface area (TPSA) is 46.9 Å². The lowest BCUT2D eigenvalue weighted by Crippen LogP contribution is -2.11. The minimum atomic E-state index is -0.000292. The lowest BCUT2D eigenvalue weighted by Gasteiger charge is -2.07. The molecule has 4 nitrogen and oxygen atoms in total. The van der Waals surface area contributed by atoms with Crippen molar-refractivity contribution >= 4 is 28.6 Å². The van der Waals surface area contributed by atoms with Gasteiger partial charge >= 0.3 is 0 Å². The van der Waals surface area contributed by atoms with E-state index in [0.29, 0.717) is 12.8 Å². The largest absolute Gasteiger partial charge is 0.351 e. The average Bonchev–Trinajstić information content (AvgIpc) is 2.97. The minimum absolute atomic E-state index is 0.000292. The highest BCUT2D eigenvalue weighted by Gasteiger charge is 2.05. The van der Waals surface area contributed by atoms with E-state index in [1.807, 2.05) is 72.4 Å². The molecule has 2 aromatic heterocycles. The zero-order valence-corrected chi connectivity index (χ0v) is 13.1. The van der Waals surface area contributed by atoms with Crippen molar-refractivity contribution in [3.05, 3.63) is 66.6 Å². The fourth-order valence-electron chi connectivity index (χ4n) is 2.48. The van der Waals surface area contributed by atoms with Crippen LogP contribution in [0.1, 0.15) is 18.5 Å². The van der Waals surface area contributed by atoms with Crippen molar-refractivity contribution in [1.82, 2.24) is 9.55 Å².